The molecule has 0 saturated carbocycles. The van der Waals surface area contributed by atoms with Gasteiger partial charge in [0, 0.05) is 0 Å². The molecule has 6 nitrogen and oxygen atoms in total. The molecule has 0 aromatic heterocycles. The number of amides is 1. The third kappa shape index (κ3) is 39.7. The molecule has 4 atom stereocenters. The molecule has 0 aliphatic carbocycles. The highest BCUT2D eigenvalue weighted by molar-refractivity contribution is 5.80. The predicted octanol–water partition coefficient (Wildman–Crippen LogP) is 13.7. The van der Waals surface area contributed by atoms with Gasteiger partial charge in [-0.05, 0) is 64.2 Å². The lowest BCUT2D eigenvalue weighted by atomic mass is 10.00. The lowest BCUT2D eigenvalue weighted by molar-refractivity contribution is -0.132. The van der Waals surface area contributed by atoms with E-state index < -0.39 is 36.9 Å². The van der Waals surface area contributed by atoms with E-state index in [-0.39, 0.29) is 0 Å². The van der Waals surface area contributed by atoms with Gasteiger partial charge in [0.2, 0.25) is 5.91 Å². The minimum atomic E-state index is -1.29. The molecule has 1 amide bonds. The van der Waals surface area contributed by atoms with Gasteiger partial charge in [-0.15, -0.1) is 0 Å². The van der Waals surface area contributed by atoms with E-state index >= 15 is 0 Å². The Labute approximate surface area is 354 Å². The number of hydrogen-bond acceptors (Lipinski definition) is 5. The first-order valence-corrected chi connectivity index (χ1v) is 24.9. The van der Waals surface area contributed by atoms with Gasteiger partial charge in [0.05, 0.1) is 18.8 Å². The Bertz CT molecular complexity index is 904. The standard InChI is InChI=1S/C51H97NO5/c1-3-5-7-9-11-13-15-17-19-21-23-24-25-26-27-29-31-33-35-37-39-41-43-45-49(55)51(57)52-47(46-53)50(56)48(54)44-42-40-38-36-34-32-30-28-22-20-18-16-14-12-10-8-6-4-2/h16,18,28,30,36,38,47-50,53-56H,3-15,17,19-27,29,31-35,37,39-46H2,1-2H3,(H,52,57)/b18-16+,30-28+,38-36+. The molecule has 4 unspecified atom stereocenters. The van der Waals surface area contributed by atoms with Gasteiger partial charge in [-0.1, -0.05) is 224 Å². The summed E-state index contributed by atoms with van der Waals surface area (Å²) in [4.78, 5) is 12.5. The fourth-order valence-electron chi connectivity index (χ4n) is 7.61. The lowest BCUT2D eigenvalue weighted by Crippen LogP contribution is -2.53. The Kier molecular flexibility index (Phi) is 44.4. The average Bonchev–Trinajstić information content (AvgIpc) is 3.22. The zero-order valence-electron chi connectivity index (χ0n) is 37.8. The highest BCUT2D eigenvalue weighted by atomic mass is 16.3. The third-order valence-corrected chi connectivity index (χ3v) is 11.6. The van der Waals surface area contributed by atoms with Crippen LogP contribution < -0.4 is 5.32 Å². The van der Waals surface area contributed by atoms with Crippen LogP contribution in [0, 0.1) is 0 Å². The minimum Gasteiger partial charge on any atom is -0.394 e. The van der Waals surface area contributed by atoms with E-state index in [0.29, 0.717) is 19.3 Å². The van der Waals surface area contributed by atoms with Gasteiger partial charge in [-0.25, -0.2) is 0 Å². The van der Waals surface area contributed by atoms with E-state index in [1.807, 2.05) is 0 Å². The number of hydrogen-bond donors (Lipinski definition) is 5. The first-order chi connectivity index (χ1) is 28.0. The number of carbonyl (C=O) groups is 1. The van der Waals surface area contributed by atoms with Crippen LogP contribution in [0.25, 0.3) is 0 Å². The lowest BCUT2D eigenvalue weighted by Gasteiger charge is -2.27. The summed E-state index contributed by atoms with van der Waals surface area (Å²) in [6.07, 6.45) is 54.7. The van der Waals surface area contributed by atoms with Crippen molar-refractivity contribution in [2.45, 2.75) is 276 Å². The molecule has 0 heterocycles. The van der Waals surface area contributed by atoms with Gasteiger partial charge in [-0.2, -0.15) is 0 Å². The molecular formula is C51H97NO5. The maximum absolute atomic E-state index is 12.5. The number of allylic oxidation sites excluding steroid dienone is 6. The largest absolute Gasteiger partial charge is 0.394 e. The summed E-state index contributed by atoms with van der Waals surface area (Å²) < 4.78 is 0. The summed E-state index contributed by atoms with van der Waals surface area (Å²) in [6.45, 7) is 4.04. The summed E-state index contributed by atoms with van der Waals surface area (Å²) in [7, 11) is 0. The maximum Gasteiger partial charge on any atom is 0.249 e. The molecule has 0 aromatic rings. The molecule has 0 aromatic carbocycles. The van der Waals surface area contributed by atoms with Crippen molar-refractivity contribution in [3.05, 3.63) is 36.5 Å². The fourth-order valence-corrected chi connectivity index (χ4v) is 7.61. The van der Waals surface area contributed by atoms with Crippen molar-refractivity contribution in [3.8, 4) is 0 Å². The maximum atomic E-state index is 12.5. The van der Waals surface area contributed by atoms with E-state index in [9.17, 15) is 25.2 Å². The molecule has 0 spiro atoms. The monoisotopic (exact) mass is 804 g/mol. The third-order valence-electron chi connectivity index (χ3n) is 11.6. The van der Waals surface area contributed by atoms with Crippen LogP contribution in [0.15, 0.2) is 36.5 Å². The second kappa shape index (κ2) is 45.6. The number of carbonyl (C=O) groups excluding carboxylic acids is 1. The molecule has 0 aliphatic heterocycles. The van der Waals surface area contributed by atoms with Crippen molar-refractivity contribution in [3.63, 3.8) is 0 Å². The van der Waals surface area contributed by atoms with Crippen LogP contribution >= 0.6 is 0 Å². The Balaban J connectivity index is 3.72. The predicted molar refractivity (Wildman–Crippen MR) is 247 cm³/mol. The second-order valence-corrected chi connectivity index (χ2v) is 17.1. The summed E-state index contributed by atoms with van der Waals surface area (Å²) in [5, 5.41) is 43.8. The quantitative estimate of drug-likeness (QED) is 0.0311. The fraction of sp³-hybridized carbons (Fsp3) is 0.863. The molecule has 0 saturated heterocycles. The van der Waals surface area contributed by atoms with E-state index in [1.165, 1.54) is 167 Å². The summed E-state index contributed by atoms with van der Waals surface area (Å²) in [5.41, 5.74) is 0. The number of aliphatic hydroxyl groups is 4. The van der Waals surface area contributed by atoms with Gasteiger partial charge in [0.15, 0.2) is 0 Å². The van der Waals surface area contributed by atoms with E-state index in [0.717, 1.165) is 51.4 Å². The Hall–Kier alpha value is -1.47. The molecule has 0 rings (SSSR count). The molecule has 0 fully saturated rings. The van der Waals surface area contributed by atoms with Crippen LogP contribution in [0.1, 0.15) is 251 Å². The van der Waals surface area contributed by atoms with Crippen molar-refractivity contribution in [2.75, 3.05) is 6.61 Å². The van der Waals surface area contributed by atoms with Crippen LogP contribution in [0.2, 0.25) is 0 Å². The van der Waals surface area contributed by atoms with Gasteiger partial charge in [-0.3, -0.25) is 4.79 Å². The van der Waals surface area contributed by atoms with Crippen molar-refractivity contribution < 1.29 is 25.2 Å². The smallest absolute Gasteiger partial charge is 0.249 e. The topological polar surface area (TPSA) is 110 Å². The van der Waals surface area contributed by atoms with Crippen molar-refractivity contribution in [1.29, 1.82) is 0 Å². The Morgan fingerprint density at radius 3 is 1.11 bits per heavy atom. The van der Waals surface area contributed by atoms with E-state index in [1.54, 1.807) is 0 Å². The van der Waals surface area contributed by atoms with Gasteiger partial charge in [0.25, 0.3) is 0 Å². The van der Waals surface area contributed by atoms with E-state index in [2.05, 4.69) is 55.6 Å². The first kappa shape index (κ1) is 55.5. The van der Waals surface area contributed by atoms with Crippen molar-refractivity contribution in [1.82, 2.24) is 5.32 Å². The van der Waals surface area contributed by atoms with Crippen LogP contribution in [0.4, 0.5) is 0 Å². The summed E-state index contributed by atoms with van der Waals surface area (Å²) >= 11 is 0. The van der Waals surface area contributed by atoms with Crippen LogP contribution in [-0.2, 0) is 4.79 Å². The van der Waals surface area contributed by atoms with Crippen LogP contribution in [-0.4, -0.2) is 57.3 Å². The van der Waals surface area contributed by atoms with Gasteiger partial charge in [0.1, 0.15) is 12.2 Å². The van der Waals surface area contributed by atoms with Crippen molar-refractivity contribution >= 4 is 5.91 Å². The molecule has 57 heavy (non-hydrogen) atoms. The molecule has 5 N–H and O–H groups in total. The highest BCUT2D eigenvalue weighted by Gasteiger charge is 2.28. The first-order valence-electron chi connectivity index (χ1n) is 24.9. The average molecular weight is 804 g/mol. The number of unbranched alkanes of at least 4 members (excludes halogenated alkanes) is 30. The molecule has 336 valence electrons. The van der Waals surface area contributed by atoms with Gasteiger partial charge < -0.3 is 25.7 Å². The summed E-state index contributed by atoms with van der Waals surface area (Å²) in [5.74, 6) is -0.597. The Morgan fingerprint density at radius 1 is 0.421 bits per heavy atom. The molecule has 0 aliphatic rings. The normalized spacial score (nSPS) is 14.3. The summed E-state index contributed by atoms with van der Waals surface area (Å²) in [6, 6.07) is -1.01. The van der Waals surface area contributed by atoms with E-state index in [4.69, 9.17) is 0 Å². The SMILES string of the molecule is CCCCCCC/C=C/CC/C=C/CC/C=C/CCCC(O)C(O)C(CO)NC(=O)C(O)CCCCCCCCCCCCCCCCCCCCCCCCC. The molecule has 0 bridgehead atoms. The molecular weight excluding hydrogens is 707 g/mol. The minimum absolute atomic E-state index is 0.362. The van der Waals surface area contributed by atoms with Crippen LogP contribution in [0.3, 0.4) is 0 Å². The highest BCUT2D eigenvalue weighted by Crippen LogP contribution is 2.17. The van der Waals surface area contributed by atoms with Crippen LogP contribution in [0.5, 0.6) is 0 Å². The zero-order chi connectivity index (χ0) is 41.7. The Morgan fingerprint density at radius 2 is 0.737 bits per heavy atom. The number of rotatable bonds is 45. The number of aliphatic hydroxyl groups excluding tert-OH is 4. The van der Waals surface area contributed by atoms with Crippen molar-refractivity contribution in [2.24, 2.45) is 0 Å². The molecule has 0 radical (unpaired) electrons. The number of nitrogens with one attached hydrogen (secondary N) is 1. The second-order valence-electron chi connectivity index (χ2n) is 17.1. The zero-order valence-corrected chi connectivity index (χ0v) is 37.8. The molecule has 6 heteroatoms. The van der Waals surface area contributed by atoms with Gasteiger partial charge >= 0.3 is 0 Å².